The Morgan fingerprint density at radius 2 is 1.58 bits per heavy atom. The quantitative estimate of drug-likeness (QED) is 0.151. The number of sulfone groups is 1. The molecular weight excluding hydrogens is 644 g/mol. The first-order chi connectivity index (χ1) is 22.4. The number of carbonyl (C=O) groups is 4. The molecule has 4 amide bonds. The number of nitrogens with one attached hydrogen (secondary N) is 4. The zero-order valence-corrected chi connectivity index (χ0v) is 29.7. The molecule has 2 rings (SSSR count). The van der Waals surface area contributed by atoms with Crippen LogP contribution < -0.4 is 21.3 Å². The molecule has 2 aromatic rings. The highest BCUT2D eigenvalue weighted by Crippen LogP contribution is 2.17. The smallest absolute Gasteiger partial charge is 0.408 e. The van der Waals surface area contributed by atoms with Gasteiger partial charge in [-0.2, -0.15) is 0 Å². The van der Waals surface area contributed by atoms with Crippen LogP contribution in [0.15, 0.2) is 28.9 Å². The van der Waals surface area contributed by atoms with E-state index in [0.717, 1.165) is 11.8 Å². The van der Waals surface area contributed by atoms with Gasteiger partial charge in [0, 0.05) is 38.0 Å². The number of pyridine rings is 1. The van der Waals surface area contributed by atoms with E-state index in [9.17, 15) is 32.7 Å². The van der Waals surface area contributed by atoms with Crippen molar-refractivity contribution in [1.29, 1.82) is 0 Å². The van der Waals surface area contributed by atoms with Crippen molar-refractivity contribution in [2.45, 2.75) is 98.7 Å². The Morgan fingerprint density at radius 3 is 2.12 bits per heavy atom. The number of aliphatic hydroxyl groups is 1. The molecule has 0 aliphatic heterocycles. The predicted molar refractivity (Wildman–Crippen MR) is 177 cm³/mol. The van der Waals surface area contributed by atoms with E-state index in [4.69, 9.17) is 9.15 Å². The minimum Gasteiger partial charge on any atom is -0.446 e. The number of ether oxygens (including phenoxy) is 1. The molecule has 48 heavy (non-hydrogen) atoms. The van der Waals surface area contributed by atoms with Crippen LogP contribution in [0.5, 0.6) is 0 Å². The molecule has 16 heteroatoms. The van der Waals surface area contributed by atoms with Gasteiger partial charge in [0.25, 0.3) is 0 Å². The highest BCUT2D eigenvalue weighted by Gasteiger charge is 2.33. The maximum atomic E-state index is 13.4. The van der Waals surface area contributed by atoms with Gasteiger partial charge in [-0.05, 0) is 49.3 Å². The van der Waals surface area contributed by atoms with Gasteiger partial charge in [-0.3, -0.25) is 19.4 Å². The minimum atomic E-state index is -3.75. The zero-order valence-electron chi connectivity index (χ0n) is 28.9. The molecule has 2 heterocycles. The molecule has 5 atom stereocenters. The van der Waals surface area contributed by atoms with Crippen LogP contribution >= 0.6 is 0 Å². The Morgan fingerprint density at radius 1 is 0.938 bits per heavy atom. The molecule has 0 fully saturated rings. The highest BCUT2D eigenvalue weighted by atomic mass is 32.2. The Hall–Kier alpha value is -4.05. The minimum absolute atomic E-state index is 0.0102. The number of alkyl carbamates (subject to hydrolysis) is 1. The van der Waals surface area contributed by atoms with Gasteiger partial charge in [-0.1, -0.05) is 34.6 Å². The summed E-state index contributed by atoms with van der Waals surface area (Å²) in [5.74, 6) is -2.56. The number of aliphatic hydroxyl groups excluding tert-OH is 1. The average Bonchev–Trinajstić information content (AvgIpc) is 3.32. The Labute approximate surface area is 282 Å². The Bertz CT molecular complexity index is 1480. The summed E-state index contributed by atoms with van der Waals surface area (Å²) in [6, 6.07) is 0.286. The first-order valence-corrected chi connectivity index (χ1v) is 17.9. The number of aryl methyl sites for hydroxylation is 2. The summed E-state index contributed by atoms with van der Waals surface area (Å²) in [6.07, 6.45) is 2.10. The normalized spacial score (nSPS) is 14.8. The summed E-state index contributed by atoms with van der Waals surface area (Å²) >= 11 is 0. The topological polar surface area (TPSA) is 219 Å². The number of amides is 4. The molecule has 0 radical (unpaired) electrons. The van der Waals surface area contributed by atoms with Gasteiger partial charge in [0.1, 0.15) is 40.0 Å². The van der Waals surface area contributed by atoms with E-state index in [1.165, 1.54) is 0 Å². The van der Waals surface area contributed by atoms with E-state index in [0.29, 0.717) is 17.3 Å². The summed E-state index contributed by atoms with van der Waals surface area (Å²) in [6.45, 7) is 12.2. The summed E-state index contributed by atoms with van der Waals surface area (Å²) < 4.78 is 34.7. The first kappa shape index (κ1) is 40.1. The molecule has 15 nitrogen and oxygen atoms in total. The van der Waals surface area contributed by atoms with E-state index < -0.39 is 63.6 Å². The van der Waals surface area contributed by atoms with Gasteiger partial charge in [-0.15, -0.1) is 0 Å². The summed E-state index contributed by atoms with van der Waals surface area (Å²) in [5, 5.41) is 21.7. The van der Waals surface area contributed by atoms with Gasteiger partial charge in [0.15, 0.2) is 5.89 Å². The lowest BCUT2D eigenvalue weighted by Crippen LogP contribution is -2.55. The summed E-state index contributed by atoms with van der Waals surface area (Å²) in [5.41, 5.74) is 1.22. The highest BCUT2D eigenvalue weighted by molar-refractivity contribution is 7.90. The number of carbonyl (C=O) groups excluding carboxylic acids is 4. The summed E-state index contributed by atoms with van der Waals surface area (Å²) in [7, 11) is -3.75. The molecule has 0 spiro atoms. The SMILES string of the molecule is Cc1nc(COC(=O)N[C@@H](CS(C)(=O)=O)C(=O)N[C@@H](CC(C)C)[C@@H](O)C[C@@H](C)C(=O)N[C@H](C(=O)NCc2ccncc2)C(C)C)c(C)o1. The monoisotopic (exact) mass is 694 g/mol. The number of rotatable bonds is 18. The summed E-state index contributed by atoms with van der Waals surface area (Å²) in [4.78, 5) is 60.1. The van der Waals surface area contributed by atoms with Crippen molar-refractivity contribution < 1.29 is 41.9 Å². The Balaban J connectivity index is 2.07. The standard InChI is InChI=1S/C32H50N6O9S/c1-18(2)13-24(36-30(41)26(17-48(8,44)45)37-32(43)46-16-25-21(6)47-22(7)35-25)27(39)14-20(5)29(40)38-28(19(3)4)31(42)34-15-23-9-11-33-12-10-23/h9-12,18-20,24,26-28,39H,13-17H2,1-8H3,(H,34,42)(H,36,41)(H,37,43)(H,38,40)/t20-,24+,26+,27+,28+/m1/s1. The predicted octanol–water partition coefficient (Wildman–Crippen LogP) is 1.70. The third-order valence-electron chi connectivity index (χ3n) is 7.44. The van der Waals surface area contributed by atoms with Crippen LogP contribution in [-0.2, 0) is 42.1 Å². The fraction of sp³-hybridized carbons (Fsp3) is 0.625. The average molecular weight is 695 g/mol. The van der Waals surface area contributed by atoms with E-state index in [1.54, 1.807) is 59.1 Å². The number of oxazole rings is 1. The second-order valence-electron chi connectivity index (χ2n) is 12.9. The Kier molecular flexibility index (Phi) is 15.5. The van der Waals surface area contributed by atoms with Gasteiger partial charge in [0.2, 0.25) is 17.7 Å². The number of hydrogen-bond donors (Lipinski definition) is 5. The van der Waals surface area contributed by atoms with Gasteiger partial charge in [0.05, 0.1) is 17.9 Å². The molecular formula is C32H50N6O9S. The van der Waals surface area contributed by atoms with Crippen LogP contribution in [0.1, 0.15) is 70.4 Å². The van der Waals surface area contributed by atoms with Crippen LogP contribution in [0, 0.1) is 31.6 Å². The van der Waals surface area contributed by atoms with Crippen molar-refractivity contribution in [1.82, 2.24) is 31.2 Å². The van der Waals surface area contributed by atoms with Crippen LogP contribution in [-0.4, -0.2) is 83.5 Å². The van der Waals surface area contributed by atoms with Crippen LogP contribution in [0.25, 0.3) is 0 Å². The maximum absolute atomic E-state index is 13.4. The van der Waals surface area contributed by atoms with Gasteiger partial charge >= 0.3 is 6.09 Å². The largest absolute Gasteiger partial charge is 0.446 e. The fourth-order valence-corrected chi connectivity index (χ4v) is 5.72. The van der Waals surface area contributed by atoms with E-state index in [2.05, 4.69) is 31.2 Å². The zero-order chi connectivity index (χ0) is 36.2. The van der Waals surface area contributed by atoms with Crippen molar-refractivity contribution in [3.63, 3.8) is 0 Å². The van der Waals surface area contributed by atoms with Crippen LogP contribution in [0.4, 0.5) is 4.79 Å². The number of hydrogen-bond acceptors (Lipinski definition) is 11. The molecule has 0 unspecified atom stereocenters. The molecule has 0 aliphatic carbocycles. The second-order valence-corrected chi connectivity index (χ2v) is 15.0. The lowest BCUT2D eigenvalue weighted by Gasteiger charge is -2.30. The molecule has 2 aromatic heterocycles. The molecule has 0 saturated carbocycles. The van der Waals surface area contributed by atoms with E-state index in [-0.39, 0.29) is 43.7 Å². The number of nitrogens with zero attached hydrogens (tertiary/aromatic N) is 2. The molecule has 0 aliphatic rings. The third kappa shape index (κ3) is 14.0. The molecule has 268 valence electrons. The van der Waals surface area contributed by atoms with Crippen molar-refractivity contribution in [2.24, 2.45) is 17.8 Å². The lowest BCUT2D eigenvalue weighted by molar-refractivity contribution is -0.132. The van der Waals surface area contributed by atoms with Crippen molar-refractivity contribution in [3.8, 4) is 0 Å². The molecule has 5 N–H and O–H groups in total. The molecule has 0 saturated heterocycles. The van der Waals surface area contributed by atoms with E-state index >= 15 is 0 Å². The molecule has 0 bridgehead atoms. The van der Waals surface area contributed by atoms with Crippen molar-refractivity contribution in [3.05, 3.63) is 47.4 Å². The second kappa shape index (κ2) is 18.5. The van der Waals surface area contributed by atoms with E-state index in [1.807, 2.05) is 13.8 Å². The number of aromatic nitrogens is 2. The van der Waals surface area contributed by atoms with Crippen LogP contribution in [0.3, 0.4) is 0 Å². The van der Waals surface area contributed by atoms with Crippen molar-refractivity contribution >= 4 is 33.7 Å². The third-order valence-corrected chi connectivity index (χ3v) is 8.38. The van der Waals surface area contributed by atoms with Gasteiger partial charge in [-0.25, -0.2) is 18.2 Å². The van der Waals surface area contributed by atoms with Gasteiger partial charge < -0.3 is 35.5 Å². The lowest BCUT2D eigenvalue weighted by atomic mass is 9.91. The van der Waals surface area contributed by atoms with Crippen molar-refractivity contribution in [2.75, 3.05) is 12.0 Å². The van der Waals surface area contributed by atoms with Crippen LogP contribution in [0.2, 0.25) is 0 Å². The first-order valence-electron chi connectivity index (χ1n) is 15.9. The maximum Gasteiger partial charge on any atom is 0.408 e. The molecule has 0 aromatic carbocycles. The fourth-order valence-electron chi connectivity index (χ4n) is 4.88.